The number of carbonyl (C=O) groups is 1. The first-order valence-electron chi connectivity index (χ1n) is 6.83. The number of rotatable bonds is 5. The van der Waals surface area contributed by atoms with Gasteiger partial charge in [-0.1, -0.05) is 30.7 Å². The van der Waals surface area contributed by atoms with Crippen molar-refractivity contribution in [2.45, 2.75) is 26.2 Å². The largest absolute Gasteiger partial charge is 0.299 e. The second-order valence-corrected chi connectivity index (χ2v) is 8.04. The number of benzene rings is 1. The summed E-state index contributed by atoms with van der Waals surface area (Å²) in [5.74, 6) is 0.000403. The lowest BCUT2D eigenvalue weighted by molar-refractivity contribution is -0.129. The lowest BCUT2D eigenvalue weighted by atomic mass is 9.86. The van der Waals surface area contributed by atoms with Crippen LogP contribution in [-0.2, 0) is 25.5 Å². The maximum atomic E-state index is 12.5. The van der Waals surface area contributed by atoms with Gasteiger partial charge in [0.25, 0.3) is 10.1 Å². The molecule has 0 amide bonds. The first kappa shape index (κ1) is 16.5. The summed E-state index contributed by atoms with van der Waals surface area (Å²) in [4.78, 5) is 12.5. The molecule has 116 valence electrons. The van der Waals surface area contributed by atoms with E-state index in [4.69, 9.17) is 15.8 Å². The number of carbonyl (C=O) groups excluding carboxylic acids is 1. The fourth-order valence-electron chi connectivity index (χ4n) is 2.72. The van der Waals surface area contributed by atoms with Crippen molar-refractivity contribution in [1.29, 1.82) is 0 Å². The molecule has 0 bridgehead atoms. The molecule has 2 atom stereocenters. The van der Waals surface area contributed by atoms with Crippen LogP contribution in [-0.4, -0.2) is 27.1 Å². The lowest BCUT2D eigenvalue weighted by Crippen LogP contribution is -2.32. The molecule has 4 nitrogen and oxygen atoms in total. The molecular formula is C15H19ClO4S. The second-order valence-electron chi connectivity index (χ2n) is 5.96. The summed E-state index contributed by atoms with van der Waals surface area (Å²) in [6.07, 6.45) is 3.07. The molecule has 2 rings (SSSR count). The van der Waals surface area contributed by atoms with Crippen molar-refractivity contribution in [1.82, 2.24) is 0 Å². The van der Waals surface area contributed by atoms with Crippen LogP contribution in [0.4, 0.5) is 0 Å². The van der Waals surface area contributed by atoms with Gasteiger partial charge in [0.2, 0.25) is 0 Å². The van der Waals surface area contributed by atoms with Crippen LogP contribution in [0.5, 0.6) is 0 Å². The van der Waals surface area contributed by atoms with Gasteiger partial charge < -0.3 is 0 Å². The van der Waals surface area contributed by atoms with Crippen molar-refractivity contribution in [3.63, 3.8) is 0 Å². The first-order valence-corrected chi connectivity index (χ1v) is 9.02. The zero-order chi connectivity index (χ0) is 15.7. The Morgan fingerprint density at radius 3 is 2.52 bits per heavy atom. The molecule has 0 radical (unpaired) electrons. The summed E-state index contributed by atoms with van der Waals surface area (Å²) in [6, 6.07) is 7.45. The molecule has 0 aromatic heterocycles. The van der Waals surface area contributed by atoms with Crippen LogP contribution in [0.2, 0.25) is 5.02 Å². The Bertz CT molecular complexity index is 624. The summed E-state index contributed by atoms with van der Waals surface area (Å²) in [5.41, 5.74) is 0.353. The average molecular weight is 331 g/mol. The van der Waals surface area contributed by atoms with Gasteiger partial charge >= 0.3 is 0 Å². The van der Waals surface area contributed by atoms with E-state index in [-0.39, 0.29) is 18.3 Å². The minimum absolute atomic E-state index is 0.0677. The van der Waals surface area contributed by atoms with E-state index < -0.39 is 15.5 Å². The van der Waals surface area contributed by atoms with Crippen molar-refractivity contribution in [3.8, 4) is 0 Å². The summed E-state index contributed by atoms with van der Waals surface area (Å²) in [5, 5.41) is 0.669. The Labute approximate surface area is 130 Å². The Kier molecular flexibility index (Phi) is 4.76. The molecule has 6 heteroatoms. The number of halogens is 1. The Balaban J connectivity index is 2.02. The Morgan fingerprint density at radius 2 is 1.95 bits per heavy atom. The van der Waals surface area contributed by atoms with Crippen LogP contribution in [0.25, 0.3) is 0 Å². The molecule has 0 N–H and O–H groups in total. The molecule has 1 aromatic carbocycles. The number of hydrogen-bond donors (Lipinski definition) is 0. The summed E-state index contributed by atoms with van der Waals surface area (Å²) in [7, 11) is -3.52. The van der Waals surface area contributed by atoms with E-state index in [9.17, 15) is 13.2 Å². The molecule has 1 saturated carbocycles. The predicted octanol–water partition coefficient (Wildman–Crippen LogP) is 2.84. The van der Waals surface area contributed by atoms with Gasteiger partial charge in [0.15, 0.2) is 0 Å². The van der Waals surface area contributed by atoms with Crippen LogP contribution in [0.15, 0.2) is 24.3 Å². The van der Waals surface area contributed by atoms with Crippen LogP contribution in [0.3, 0.4) is 0 Å². The van der Waals surface area contributed by atoms with Crippen LogP contribution in [0.1, 0.15) is 25.3 Å². The third-order valence-corrected chi connectivity index (χ3v) is 4.80. The maximum absolute atomic E-state index is 12.5. The number of hydrogen-bond acceptors (Lipinski definition) is 4. The molecule has 1 aliphatic rings. The molecule has 0 saturated heterocycles. The molecular weight excluding hydrogens is 312 g/mol. The molecule has 0 spiro atoms. The van der Waals surface area contributed by atoms with E-state index >= 15 is 0 Å². The van der Waals surface area contributed by atoms with Gasteiger partial charge in [0.1, 0.15) is 5.78 Å². The van der Waals surface area contributed by atoms with E-state index in [1.807, 2.05) is 24.3 Å². The highest BCUT2D eigenvalue weighted by atomic mass is 35.5. The molecule has 1 aromatic rings. The quantitative estimate of drug-likeness (QED) is 0.779. The van der Waals surface area contributed by atoms with Gasteiger partial charge in [-0.25, -0.2) is 0 Å². The van der Waals surface area contributed by atoms with E-state index in [0.717, 1.165) is 18.2 Å². The standard InChI is InChI=1S/C15H19ClO4S/c1-15(10-20-21(2,18)19)8-7-12(14(15)17)9-11-3-5-13(16)6-4-11/h3-6,12H,7-10H2,1-2H3. The molecule has 21 heavy (non-hydrogen) atoms. The molecule has 2 unspecified atom stereocenters. The highest BCUT2D eigenvalue weighted by Gasteiger charge is 2.44. The zero-order valence-electron chi connectivity index (χ0n) is 12.1. The Hall–Kier alpha value is -0.910. The highest BCUT2D eigenvalue weighted by Crippen LogP contribution is 2.40. The summed E-state index contributed by atoms with van der Waals surface area (Å²) >= 11 is 5.85. The second kappa shape index (κ2) is 6.07. The SMILES string of the molecule is CC1(COS(C)(=O)=O)CCC(Cc2ccc(Cl)cc2)C1=O. The lowest BCUT2D eigenvalue weighted by Gasteiger charge is -2.21. The van der Waals surface area contributed by atoms with Crippen LogP contribution >= 0.6 is 11.6 Å². The predicted molar refractivity (Wildman–Crippen MR) is 81.8 cm³/mol. The van der Waals surface area contributed by atoms with Gasteiger partial charge in [-0.15, -0.1) is 0 Å². The van der Waals surface area contributed by atoms with E-state index in [2.05, 4.69) is 0 Å². The van der Waals surface area contributed by atoms with Crippen LogP contribution in [0, 0.1) is 11.3 Å². The minimum Gasteiger partial charge on any atom is -0.299 e. The monoisotopic (exact) mass is 330 g/mol. The molecule has 1 fully saturated rings. The van der Waals surface area contributed by atoms with Gasteiger partial charge in [0, 0.05) is 10.9 Å². The van der Waals surface area contributed by atoms with Gasteiger partial charge in [-0.05, 0) is 37.0 Å². The Morgan fingerprint density at radius 1 is 1.33 bits per heavy atom. The van der Waals surface area contributed by atoms with E-state index in [1.54, 1.807) is 6.92 Å². The van der Waals surface area contributed by atoms with Crippen molar-refractivity contribution in [2.24, 2.45) is 11.3 Å². The average Bonchev–Trinajstić information content (AvgIpc) is 2.68. The zero-order valence-corrected chi connectivity index (χ0v) is 13.7. The van der Waals surface area contributed by atoms with Crippen molar-refractivity contribution in [3.05, 3.63) is 34.9 Å². The van der Waals surface area contributed by atoms with Gasteiger partial charge in [-0.3, -0.25) is 8.98 Å². The third kappa shape index (κ3) is 4.28. The fourth-order valence-corrected chi connectivity index (χ4v) is 3.32. The van der Waals surface area contributed by atoms with Gasteiger partial charge in [-0.2, -0.15) is 8.42 Å². The molecule has 0 heterocycles. The minimum atomic E-state index is -3.52. The van der Waals surface area contributed by atoms with Crippen molar-refractivity contribution < 1.29 is 17.4 Å². The van der Waals surface area contributed by atoms with Crippen molar-refractivity contribution in [2.75, 3.05) is 12.9 Å². The number of ketones is 1. The third-order valence-electron chi connectivity index (χ3n) is 4.00. The molecule has 1 aliphatic carbocycles. The normalized spacial score (nSPS) is 26.2. The van der Waals surface area contributed by atoms with Gasteiger partial charge in [0.05, 0.1) is 18.3 Å². The van der Waals surface area contributed by atoms with E-state index in [0.29, 0.717) is 17.9 Å². The van der Waals surface area contributed by atoms with Crippen molar-refractivity contribution >= 4 is 27.5 Å². The highest BCUT2D eigenvalue weighted by molar-refractivity contribution is 7.85. The van der Waals surface area contributed by atoms with E-state index in [1.165, 1.54) is 0 Å². The summed E-state index contributed by atoms with van der Waals surface area (Å²) in [6.45, 7) is 1.71. The maximum Gasteiger partial charge on any atom is 0.264 e. The van der Waals surface area contributed by atoms with Crippen LogP contribution < -0.4 is 0 Å². The molecule has 0 aliphatic heterocycles. The fraction of sp³-hybridized carbons (Fsp3) is 0.533. The smallest absolute Gasteiger partial charge is 0.264 e. The number of Topliss-reactive ketones (excluding diaryl/α,β-unsaturated/α-hetero) is 1. The topological polar surface area (TPSA) is 60.4 Å². The first-order chi connectivity index (χ1) is 9.70. The summed E-state index contributed by atoms with van der Waals surface area (Å²) < 4.78 is 27.0.